The third-order valence-corrected chi connectivity index (χ3v) is 4.65. The molecule has 0 bridgehead atoms. The summed E-state index contributed by atoms with van der Waals surface area (Å²) in [5.74, 6) is 0.833. The first kappa shape index (κ1) is 13.8. The van der Waals surface area contributed by atoms with E-state index in [1.54, 1.807) is 4.90 Å². The third-order valence-electron chi connectivity index (χ3n) is 3.84. The highest BCUT2D eigenvalue weighted by Crippen LogP contribution is 2.25. The third kappa shape index (κ3) is 2.53. The molecule has 0 spiro atoms. The Bertz CT molecular complexity index is 670. The molecule has 1 aliphatic heterocycles. The lowest BCUT2D eigenvalue weighted by atomic mass is 10.2. The Morgan fingerprint density at radius 3 is 2.70 bits per heavy atom. The van der Waals surface area contributed by atoms with Gasteiger partial charge < -0.3 is 9.47 Å². The molecule has 0 atom stereocenters. The lowest BCUT2D eigenvalue weighted by Crippen LogP contribution is -3.09. The van der Waals surface area contributed by atoms with Gasteiger partial charge in [0.25, 0.3) is 0 Å². The van der Waals surface area contributed by atoms with E-state index in [9.17, 15) is 0 Å². The molecule has 0 amide bonds. The second-order valence-electron chi connectivity index (χ2n) is 5.26. The quantitative estimate of drug-likeness (QED) is 0.877. The molecule has 106 valence electrons. The Morgan fingerprint density at radius 1 is 1.30 bits per heavy atom. The van der Waals surface area contributed by atoms with Crippen molar-refractivity contribution in [2.24, 2.45) is 7.05 Å². The van der Waals surface area contributed by atoms with Crippen LogP contribution in [0.1, 0.15) is 12.8 Å². The van der Waals surface area contributed by atoms with Crippen LogP contribution in [-0.2, 0) is 13.7 Å². The Balaban J connectivity index is 1.97. The topological polar surface area (TPSA) is 27.2 Å². The van der Waals surface area contributed by atoms with E-state index in [0.717, 1.165) is 22.8 Å². The van der Waals surface area contributed by atoms with E-state index in [2.05, 4.69) is 5.10 Å². The average molecular weight is 310 g/mol. The normalized spacial score (nSPS) is 15.9. The van der Waals surface area contributed by atoms with Gasteiger partial charge in [0.15, 0.2) is 12.5 Å². The minimum absolute atomic E-state index is 0.705. The number of aromatic nitrogens is 3. The monoisotopic (exact) mass is 309 g/mol. The molecule has 0 saturated carbocycles. The fraction of sp³-hybridized carbons (Fsp3) is 0.429. The largest absolute Gasteiger partial charge is 0.316 e. The van der Waals surface area contributed by atoms with Crippen LogP contribution < -0.4 is 4.90 Å². The smallest absolute Gasteiger partial charge is 0.202 e. The van der Waals surface area contributed by atoms with E-state index in [1.807, 2.05) is 40.6 Å². The fourth-order valence-corrected chi connectivity index (χ4v) is 3.13. The van der Waals surface area contributed by atoms with Crippen molar-refractivity contribution in [2.75, 3.05) is 13.1 Å². The number of likely N-dealkylation sites (tertiary alicyclic amines) is 1. The van der Waals surface area contributed by atoms with Gasteiger partial charge in [-0.3, -0.25) is 0 Å². The lowest BCUT2D eigenvalue weighted by molar-refractivity contribution is -0.911. The van der Waals surface area contributed by atoms with E-state index in [-0.39, 0.29) is 0 Å². The first-order valence-corrected chi connectivity index (χ1v) is 7.68. The first-order valence-electron chi connectivity index (χ1n) is 6.89. The van der Waals surface area contributed by atoms with E-state index in [0.29, 0.717) is 5.02 Å². The van der Waals surface area contributed by atoms with Gasteiger partial charge in [0.1, 0.15) is 0 Å². The number of halogens is 1. The maximum atomic E-state index is 6.26. The van der Waals surface area contributed by atoms with E-state index < -0.39 is 0 Å². The van der Waals surface area contributed by atoms with Crippen molar-refractivity contribution >= 4 is 23.8 Å². The van der Waals surface area contributed by atoms with Crippen LogP contribution >= 0.6 is 23.8 Å². The van der Waals surface area contributed by atoms with Gasteiger partial charge in [-0.2, -0.15) is 4.68 Å². The molecule has 20 heavy (non-hydrogen) atoms. The number of benzene rings is 1. The molecular formula is C14H18ClN4S+. The summed E-state index contributed by atoms with van der Waals surface area (Å²) in [7, 11) is 1.95. The zero-order chi connectivity index (χ0) is 14.1. The van der Waals surface area contributed by atoms with Gasteiger partial charge in [-0.05, 0) is 24.4 Å². The molecule has 1 aromatic heterocycles. The summed E-state index contributed by atoms with van der Waals surface area (Å²) in [5, 5.41) is 5.38. The minimum Gasteiger partial charge on any atom is -0.316 e. The molecule has 1 aromatic carbocycles. The van der Waals surface area contributed by atoms with Crippen LogP contribution in [0.5, 0.6) is 0 Å². The highest BCUT2D eigenvalue weighted by molar-refractivity contribution is 7.71. The van der Waals surface area contributed by atoms with Crippen LogP contribution in [0.25, 0.3) is 11.4 Å². The predicted octanol–water partition coefficient (Wildman–Crippen LogP) is 1.91. The molecule has 1 fully saturated rings. The summed E-state index contributed by atoms with van der Waals surface area (Å²) in [6, 6.07) is 7.75. The summed E-state index contributed by atoms with van der Waals surface area (Å²) in [6.07, 6.45) is 2.60. The van der Waals surface area contributed by atoms with Crippen molar-refractivity contribution in [2.45, 2.75) is 19.5 Å². The Labute approximate surface area is 128 Å². The second kappa shape index (κ2) is 5.68. The van der Waals surface area contributed by atoms with Crippen LogP contribution in [0.2, 0.25) is 5.02 Å². The van der Waals surface area contributed by atoms with Crippen molar-refractivity contribution in [3.63, 3.8) is 0 Å². The van der Waals surface area contributed by atoms with Gasteiger partial charge in [-0.15, -0.1) is 5.10 Å². The van der Waals surface area contributed by atoms with Gasteiger partial charge in [0.2, 0.25) is 4.77 Å². The van der Waals surface area contributed by atoms with Crippen LogP contribution in [-0.4, -0.2) is 27.4 Å². The highest BCUT2D eigenvalue weighted by atomic mass is 35.5. The molecular weight excluding hydrogens is 292 g/mol. The number of quaternary nitrogens is 1. The zero-order valence-electron chi connectivity index (χ0n) is 11.5. The van der Waals surface area contributed by atoms with Crippen molar-refractivity contribution in [1.82, 2.24) is 14.3 Å². The van der Waals surface area contributed by atoms with Gasteiger partial charge in [0.05, 0.1) is 18.1 Å². The van der Waals surface area contributed by atoms with Crippen molar-refractivity contribution in [3.05, 3.63) is 34.1 Å². The molecule has 1 aliphatic rings. The molecule has 4 nitrogen and oxygen atoms in total. The summed E-state index contributed by atoms with van der Waals surface area (Å²) < 4.78 is 4.61. The highest BCUT2D eigenvalue weighted by Gasteiger charge is 2.19. The predicted molar refractivity (Wildman–Crippen MR) is 82.4 cm³/mol. The number of nitrogens with one attached hydrogen (secondary N) is 1. The first-order chi connectivity index (χ1) is 9.66. The molecule has 0 radical (unpaired) electrons. The maximum absolute atomic E-state index is 6.26. The van der Waals surface area contributed by atoms with E-state index >= 15 is 0 Å². The SMILES string of the molecule is Cn1c(-c2ccccc2Cl)nn(C[NH+]2CCCC2)c1=S. The second-order valence-corrected chi connectivity index (χ2v) is 6.03. The molecule has 3 rings (SSSR count). The molecule has 2 aromatic rings. The van der Waals surface area contributed by atoms with Gasteiger partial charge in [-0.25, -0.2) is 0 Å². The molecule has 2 heterocycles. The Hall–Kier alpha value is -1.17. The van der Waals surface area contributed by atoms with Gasteiger partial charge in [-0.1, -0.05) is 23.7 Å². The number of rotatable bonds is 3. The summed E-state index contributed by atoms with van der Waals surface area (Å²) in [6.45, 7) is 3.26. The van der Waals surface area contributed by atoms with Gasteiger partial charge in [0, 0.05) is 25.5 Å². The lowest BCUT2D eigenvalue weighted by Gasteiger charge is -2.10. The van der Waals surface area contributed by atoms with E-state index in [1.165, 1.54) is 25.9 Å². The van der Waals surface area contributed by atoms with Crippen LogP contribution in [0.4, 0.5) is 0 Å². The average Bonchev–Trinajstić information content (AvgIpc) is 3.04. The van der Waals surface area contributed by atoms with E-state index in [4.69, 9.17) is 23.8 Å². The molecule has 0 aliphatic carbocycles. The van der Waals surface area contributed by atoms with Crippen molar-refractivity contribution in [3.8, 4) is 11.4 Å². The van der Waals surface area contributed by atoms with Crippen LogP contribution in [0.15, 0.2) is 24.3 Å². The van der Waals surface area contributed by atoms with Crippen LogP contribution in [0.3, 0.4) is 0 Å². The fourth-order valence-electron chi connectivity index (χ4n) is 2.71. The number of nitrogens with zero attached hydrogens (tertiary/aromatic N) is 3. The minimum atomic E-state index is 0.705. The molecule has 1 saturated heterocycles. The Kier molecular flexibility index (Phi) is 3.92. The summed E-state index contributed by atoms with van der Waals surface area (Å²) in [5.41, 5.74) is 0.929. The summed E-state index contributed by atoms with van der Waals surface area (Å²) >= 11 is 11.8. The molecule has 6 heteroatoms. The van der Waals surface area contributed by atoms with Crippen LogP contribution in [0, 0.1) is 4.77 Å². The van der Waals surface area contributed by atoms with Crippen molar-refractivity contribution in [1.29, 1.82) is 0 Å². The number of hydrogen-bond acceptors (Lipinski definition) is 2. The molecule has 1 N–H and O–H groups in total. The maximum Gasteiger partial charge on any atom is 0.202 e. The summed E-state index contributed by atoms with van der Waals surface area (Å²) in [4.78, 5) is 1.55. The molecule has 0 unspecified atom stereocenters. The standard InChI is InChI=1S/C14H17ClN4S/c1-17-13(11-6-2-3-7-12(11)15)16-19(14(17)20)10-18-8-4-5-9-18/h2-3,6-7H,4-5,8-10H2,1H3/p+1. The number of hydrogen-bond donors (Lipinski definition) is 1. The van der Waals surface area contributed by atoms with Crippen molar-refractivity contribution < 1.29 is 4.90 Å². The van der Waals surface area contributed by atoms with Gasteiger partial charge >= 0.3 is 0 Å². The Morgan fingerprint density at radius 2 is 2.00 bits per heavy atom. The zero-order valence-corrected chi connectivity index (χ0v) is 13.0.